The molecule has 1 aliphatic heterocycles. The van der Waals surface area contributed by atoms with E-state index in [9.17, 15) is 4.79 Å². The van der Waals surface area contributed by atoms with E-state index < -0.39 is 0 Å². The zero-order valence-electron chi connectivity index (χ0n) is 11.1. The highest BCUT2D eigenvalue weighted by Crippen LogP contribution is 2.22. The maximum atomic E-state index is 12.4. The van der Waals surface area contributed by atoms with Gasteiger partial charge in [-0.1, -0.05) is 5.16 Å². The Hall–Kier alpha value is -1.36. The second-order valence-electron chi connectivity index (χ2n) is 5.04. The van der Waals surface area contributed by atoms with Gasteiger partial charge in [0.1, 0.15) is 11.3 Å². The van der Waals surface area contributed by atoms with E-state index in [2.05, 4.69) is 5.16 Å². The standard InChI is InChI=1S/C13H21N3O2/c1-9-12(10(2)18-15-9)13(17)16-7-3-4-11(8-16)5-6-14/h11H,3-8,14H2,1-2H3. The molecule has 1 amide bonds. The van der Waals surface area contributed by atoms with Crippen LogP contribution >= 0.6 is 0 Å². The number of rotatable bonds is 3. The fraction of sp³-hybridized carbons (Fsp3) is 0.692. The predicted octanol–water partition coefficient (Wildman–Crippen LogP) is 1.49. The Bertz CT molecular complexity index is 406. The summed E-state index contributed by atoms with van der Waals surface area (Å²) >= 11 is 0. The molecule has 18 heavy (non-hydrogen) atoms. The minimum absolute atomic E-state index is 0.0490. The van der Waals surface area contributed by atoms with Crippen LogP contribution in [0.4, 0.5) is 0 Å². The highest BCUT2D eigenvalue weighted by atomic mass is 16.5. The van der Waals surface area contributed by atoms with Crippen molar-refractivity contribution in [2.75, 3.05) is 19.6 Å². The van der Waals surface area contributed by atoms with Gasteiger partial charge in [-0.15, -0.1) is 0 Å². The Kier molecular flexibility index (Phi) is 4.01. The number of hydrogen-bond acceptors (Lipinski definition) is 4. The number of aromatic nitrogens is 1. The van der Waals surface area contributed by atoms with Crippen LogP contribution in [0.2, 0.25) is 0 Å². The molecule has 0 aliphatic carbocycles. The van der Waals surface area contributed by atoms with Crippen LogP contribution in [0, 0.1) is 19.8 Å². The van der Waals surface area contributed by atoms with Crippen molar-refractivity contribution < 1.29 is 9.32 Å². The number of aryl methyl sites for hydroxylation is 2. The number of carbonyl (C=O) groups excluding carboxylic acids is 1. The largest absolute Gasteiger partial charge is 0.361 e. The van der Waals surface area contributed by atoms with Crippen molar-refractivity contribution in [3.8, 4) is 0 Å². The second kappa shape index (κ2) is 5.52. The molecule has 100 valence electrons. The van der Waals surface area contributed by atoms with Crippen LogP contribution in [0.15, 0.2) is 4.52 Å². The number of hydrogen-bond donors (Lipinski definition) is 1. The number of nitrogens with zero attached hydrogens (tertiary/aromatic N) is 2. The first-order chi connectivity index (χ1) is 8.63. The second-order valence-corrected chi connectivity index (χ2v) is 5.04. The van der Waals surface area contributed by atoms with Crippen LogP contribution < -0.4 is 5.73 Å². The first-order valence-electron chi connectivity index (χ1n) is 6.55. The van der Waals surface area contributed by atoms with Gasteiger partial charge in [0.2, 0.25) is 0 Å². The van der Waals surface area contributed by atoms with E-state index in [1.165, 1.54) is 6.42 Å². The Morgan fingerprint density at radius 2 is 2.33 bits per heavy atom. The Labute approximate surface area is 107 Å². The van der Waals surface area contributed by atoms with Crippen molar-refractivity contribution >= 4 is 5.91 Å². The van der Waals surface area contributed by atoms with E-state index >= 15 is 0 Å². The number of amides is 1. The summed E-state index contributed by atoms with van der Waals surface area (Å²) in [5.74, 6) is 1.19. The molecule has 0 spiro atoms. The Morgan fingerprint density at radius 3 is 2.94 bits per heavy atom. The summed E-state index contributed by atoms with van der Waals surface area (Å²) in [6.07, 6.45) is 3.22. The lowest BCUT2D eigenvalue weighted by atomic mass is 9.94. The van der Waals surface area contributed by atoms with Crippen LogP contribution in [0.1, 0.15) is 41.1 Å². The lowest BCUT2D eigenvalue weighted by Crippen LogP contribution is -2.40. The fourth-order valence-electron chi connectivity index (χ4n) is 2.67. The zero-order valence-corrected chi connectivity index (χ0v) is 11.1. The molecular weight excluding hydrogens is 230 g/mol. The molecule has 0 aromatic carbocycles. The van der Waals surface area contributed by atoms with Crippen molar-refractivity contribution in [2.45, 2.75) is 33.1 Å². The molecular formula is C13H21N3O2. The van der Waals surface area contributed by atoms with Crippen LogP contribution in [-0.4, -0.2) is 35.6 Å². The smallest absolute Gasteiger partial charge is 0.259 e. The third-order valence-corrected chi connectivity index (χ3v) is 3.63. The highest BCUT2D eigenvalue weighted by molar-refractivity contribution is 5.96. The van der Waals surface area contributed by atoms with E-state index in [0.29, 0.717) is 29.5 Å². The quantitative estimate of drug-likeness (QED) is 0.883. The van der Waals surface area contributed by atoms with Crippen LogP contribution in [0.3, 0.4) is 0 Å². The van der Waals surface area contributed by atoms with Crippen molar-refractivity contribution in [3.05, 3.63) is 17.0 Å². The van der Waals surface area contributed by atoms with Gasteiger partial charge in [-0.05, 0) is 45.6 Å². The molecule has 2 heterocycles. The van der Waals surface area contributed by atoms with Gasteiger partial charge >= 0.3 is 0 Å². The maximum Gasteiger partial charge on any atom is 0.259 e. The number of likely N-dealkylation sites (tertiary alicyclic amines) is 1. The zero-order chi connectivity index (χ0) is 13.1. The molecule has 2 rings (SSSR count). The third kappa shape index (κ3) is 2.56. The summed E-state index contributed by atoms with van der Waals surface area (Å²) in [5, 5.41) is 3.84. The van der Waals surface area contributed by atoms with Crippen molar-refractivity contribution in [2.24, 2.45) is 11.7 Å². The highest BCUT2D eigenvalue weighted by Gasteiger charge is 2.27. The lowest BCUT2D eigenvalue weighted by molar-refractivity contribution is 0.0667. The van der Waals surface area contributed by atoms with Gasteiger partial charge in [-0.3, -0.25) is 4.79 Å². The Balaban J connectivity index is 2.09. The van der Waals surface area contributed by atoms with Crippen molar-refractivity contribution in [3.63, 3.8) is 0 Å². The first-order valence-corrected chi connectivity index (χ1v) is 6.55. The van der Waals surface area contributed by atoms with Crippen LogP contribution in [0.25, 0.3) is 0 Å². The average molecular weight is 251 g/mol. The summed E-state index contributed by atoms with van der Waals surface area (Å²) in [6, 6.07) is 0. The average Bonchev–Trinajstić information content (AvgIpc) is 2.69. The molecule has 1 aromatic heterocycles. The topological polar surface area (TPSA) is 72.4 Å². The van der Waals surface area contributed by atoms with E-state index in [-0.39, 0.29) is 5.91 Å². The SMILES string of the molecule is Cc1noc(C)c1C(=O)N1CCCC(CCN)C1. The molecule has 1 saturated heterocycles. The van der Waals surface area contributed by atoms with Crippen LogP contribution in [0.5, 0.6) is 0 Å². The van der Waals surface area contributed by atoms with Gasteiger partial charge in [-0.2, -0.15) is 0 Å². The maximum absolute atomic E-state index is 12.4. The minimum Gasteiger partial charge on any atom is -0.361 e. The number of nitrogens with two attached hydrogens (primary N) is 1. The minimum atomic E-state index is 0.0490. The normalized spacial score (nSPS) is 20.2. The number of piperidine rings is 1. The Morgan fingerprint density at radius 1 is 1.56 bits per heavy atom. The van der Waals surface area contributed by atoms with E-state index in [1.54, 1.807) is 6.92 Å². The van der Waals surface area contributed by atoms with Crippen molar-refractivity contribution in [1.82, 2.24) is 10.1 Å². The van der Waals surface area contributed by atoms with Crippen molar-refractivity contribution in [1.29, 1.82) is 0 Å². The molecule has 1 unspecified atom stereocenters. The summed E-state index contributed by atoms with van der Waals surface area (Å²) < 4.78 is 5.06. The molecule has 2 N–H and O–H groups in total. The predicted molar refractivity (Wildman–Crippen MR) is 68.3 cm³/mol. The molecule has 0 bridgehead atoms. The van der Waals surface area contributed by atoms with Gasteiger partial charge in [0.25, 0.3) is 5.91 Å². The van der Waals surface area contributed by atoms with Gasteiger partial charge in [0.15, 0.2) is 0 Å². The van der Waals surface area contributed by atoms with Gasteiger partial charge in [0.05, 0.1) is 5.69 Å². The molecule has 0 saturated carbocycles. The first kappa shape index (κ1) is 13.1. The fourth-order valence-corrected chi connectivity index (χ4v) is 2.67. The summed E-state index contributed by atoms with van der Waals surface area (Å²) in [5.41, 5.74) is 6.90. The molecule has 5 nitrogen and oxygen atoms in total. The van der Waals surface area contributed by atoms with Gasteiger partial charge in [-0.25, -0.2) is 0 Å². The summed E-state index contributed by atoms with van der Waals surface area (Å²) in [4.78, 5) is 14.4. The molecule has 1 aromatic rings. The molecule has 5 heteroatoms. The summed E-state index contributed by atoms with van der Waals surface area (Å²) in [7, 11) is 0. The molecule has 0 radical (unpaired) electrons. The molecule has 1 atom stereocenters. The van der Waals surface area contributed by atoms with E-state index in [4.69, 9.17) is 10.3 Å². The third-order valence-electron chi connectivity index (χ3n) is 3.63. The molecule has 1 aliphatic rings. The monoisotopic (exact) mass is 251 g/mol. The molecule has 1 fully saturated rings. The summed E-state index contributed by atoms with van der Waals surface area (Å²) in [6.45, 7) is 5.92. The lowest BCUT2D eigenvalue weighted by Gasteiger charge is -2.32. The van der Waals surface area contributed by atoms with E-state index in [0.717, 1.165) is 25.9 Å². The van der Waals surface area contributed by atoms with Crippen LogP contribution in [-0.2, 0) is 0 Å². The number of carbonyl (C=O) groups is 1. The van der Waals surface area contributed by atoms with Gasteiger partial charge < -0.3 is 15.2 Å². The van der Waals surface area contributed by atoms with Gasteiger partial charge in [0, 0.05) is 13.1 Å². The van der Waals surface area contributed by atoms with E-state index in [1.807, 2.05) is 11.8 Å².